The molecule has 0 saturated carbocycles. The van der Waals surface area contributed by atoms with Crippen LogP contribution >= 0.6 is 11.3 Å². The number of nitrogens with one attached hydrogen (secondary N) is 1. The van der Waals surface area contributed by atoms with E-state index in [1.165, 1.54) is 42.6 Å². The Morgan fingerprint density at radius 1 is 1.09 bits per heavy atom. The molecule has 0 atom stereocenters. The Balaban J connectivity index is 1.43. The summed E-state index contributed by atoms with van der Waals surface area (Å²) in [6.45, 7) is -0.368. The third-order valence-electron chi connectivity index (χ3n) is 4.85. The van der Waals surface area contributed by atoms with E-state index in [0.717, 1.165) is 26.3 Å². The van der Waals surface area contributed by atoms with Crippen LogP contribution in [0.4, 0.5) is 5.13 Å². The number of fused-ring (bicyclic) bond motifs is 1. The number of aromatic nitrogens is 1. The van der Waals surface area contributed by atoms with Gasteiger partial charge in [0, 0.05) is 18.0 Å². The molecule has 0 aliphatic rings. The van der Waals surface area contributed by atoms with Crippen molar-refractivity contribution in [2.75, 3.05) is 18.9 Å². The van der Waals surface area contributed by atoms with Crippen LogP contribution < -0.4 is 5.32 Å². The normalized spacial score (nSPS) is 11.4. The second-order valence-corrected chi connectivity index (χ2v) is 9.95. The fraction of sp³-hybridized carbons (Fsp3) is 0.0870. The molecule has 160 valence electrons. The van der Waals surface area contributed by atoms with Crippen LogP contribution in [-0.4, -0.2) is 37.2 Å². The molecule has 1 aromatic heterocycles. The molecule has 32 heavy (non-hydrogen) atoms. The Labute approximate surface area is 189 Å². The van der Waals surface area contributed by atoms with Crippen molar-refractivity contribution in [3.05, 3.63) is 77.7 Å². The Hall–Kier alpha value is -3.58. The Bertz CT molecular complexity index is 1440. The molecule has 0 aliphatic carbocycles. The van der Waals surface area contributed by atoms with E-state index >= 15 is 0 Å². The highest BCUT2D eigenvalue weighted by Gasteiger charge is 2.23. The lowest BCUT2D eigenvalue weighted by Crippen LogP contribution is -2.34. The van der Waals surface area contributed by atoms with E-state index in [2.05, 4.69) is 10.3 Å². The number of hydrogen-bond donors (Lipinski definition) is 1. The van der Waals surface area contributed by atoms with Crippen LogP contribution in [0.5, 0.6) is 0 Å². The SMILES string of the molecule is CN(CC(=O)Nc1nc(-c2ccc3ccccc3c2)cs1)S(=O)(=O)c1ccc(C#N)cc1. The largest absolute Gasteiger partial charge is 0.301 e. The number of anilines is 1. The number of rotatable bonds is 6. The van der Waals surface area contributed by atoms with Crippen LogP contribution in [0.1, 0.15) is 5.56 Å². The Morgan fingerprint density at radius 3 is 2.53 bits per heavy atom. The van der Waals surface area contributed by atoms with Crippen molar-refractivity contribution in [2.45, 2.75) is 4.90 Å². The van der Waals surface area contributed by atoms with E-state index in [4.69, 9.17) is 5.26 Å². The number of amides is 1. The highest BCUT2D eigenvalue weighted by atomic mass is 32.2. The Kier molecular flexibility index (Phi) is 6.01. The maximum absolute atomic E-state index is 12.7. The van der Waals surface area contributed by atoms with Gasteiger partial charge in [-0.3, -0.25) is 4.79 Å². The molecule has 7 nitrogen and oxygen atoms in total. The molecule has 0 spiro atoms. The topological polar surface area (TPSA) is 103 Å². The number of thiazole rings is 1. The van der Waals surface area contributed by atoms with E-state index in [-0.39, 0.29) is 11.4 Å². The van der Waals surface area contributed by atoms with Gasteiger partial charge in [-0.2, -0.15) is 9.57 Å². The highest BCUT2D eigenvalue weighted by molar-refractivity contribution is 7.89. The molecular weight excluding hydrogens is 444 g/mol. The van der Waals surface area contributed by atoms with Gasteiger partial charge in [-0.15, -0.1) is 11.3 Å². The molecule has 1 N–H and O–H groups in total. The van der Waals surface area contributed by atoms with Gasteiger partial charge in [-0.25, -0.2) is 13.4 Å². The highest BCUT2D eigenvalue weighted by Crippen LogP contribution is 2.27. The zero-order valence-corrected chi connectivity index (χ0v) is 18.7. The number of nitrogens with zero attached hydrogens (tertiary/aromatic N) is 3. The van der Waals surface area contributed by atoms with Gasteiger partial charge in [0.15, 0.2) is 5.13 Å². The molecule has 4 aromatic rings. The lowest BCUT2D eigenvalue weighted by Gasteiger charge is -2.16. The molecular formula is C23H18N4O3S2. The molecule has 0 saturated heterocycles. The number of likely N-dealkylation sites (N-methyl/N-ethyl adjacent to an activating group) is 1. The summed E-state index contributed by atoms with van der Waals surface area (Å²) in [6, 6.07) is 21.5. The summed E-state index contributed by atoms with van der Waals surface area (Å²) in [5.41, 5.74) is 2.02. The molecule has 1 amide bonds. The maximum atomic E-state index is 12.7. The second kappa shape index (κ2) is 8.88. The molecule has 0 fully saturated rings. The average molecular weight is 463 g/mol. The van der Waals surface area contributed by atoms with Crippen molar-refractivity contribution >= 4 is 43.2 Å². The number of carbonyl (C=O) groups is 1. The smallest absolute Gasteiger partial charge is 0.243 e. The summed E-state index contributed by atoms with van der Waals surface area (Å²) >= 11 is 1.27. The predicted octanol–water partition coefficient (Wildman–Crippen LogP) is 4.09. The van der Waals surface area contributed by atoms with E-state index in [9.17, 15) is 13.2 Å². The summed E-state index contributed by atoms with van der Waals surface area (Å²) < 4.78 is 26.3. The van der Waals surface area contributed by atoms with Gasteiger partial charge in [0.1, 0.15) is 0 Å². The molecule has 0 unspecified atom stereocenters. The van der Waals surface area contributed by atoms with Crippen LogP contribution in [-0.2, 0) is 14.8 Å². The Morgan fingerprint density at radius 2 is 1.81 bits per heavy atom. The van der Waals surface area contributed by atoms with Gasteiger partial charge in [-0.1, -0.05) is 36.4 Å². The summed E-state index contributed by atoms with van der Waals surface area (Å²) in [4.78, 5) is 16.9. The van der Waals surface area contributed by atoms with Gasteiger partial charge in [0.05, 0.1) is 28.8 Å². The van der Waals surface area contributed by atoms with Crippen molar-refractivity contribution < 1.29 is 13.2 Å². The van der Waals surface area contributed by atoms with Gasteiger partial charge in [-0.05, 0) is 41.1 Å². The van der Waals surface area contributed by atoms with Gasteiger partial charge >= 0.3 is 0 Å². The number of nitriles is 1. The quantitative estimate of drug-likeness (QED) is 0.465. The molecule has 0 aliphatic heterocycles. The van der Waals surface area contributed by atoms with E-state index < -0.39 is 15.9 Å². The first kappa shape index (κ1) is 21.6. The molecule has 9 heteroatoms. The zero-order chi connectivity index (χ0) is 22.7. The predicted molar refractivity (Wildman–Crippen MR) is 125 cm³/mol. The summed E-state index contributed by atoms with van der Waals surface area (Å²) in [5, 5.41) is 16.0. The molecule has 0 radical (unpaired) electrons. The molecule has 0 bridgehead atoms. The first-order valence-electron chi connectivity index (χ1n) is 9.58. The average Bonchev–Trinajstić information content (AvgIpc) is 3.27. The monoisotopic (exact) mass is 462 g/mol. The molecule has 1 heterocycles. The lowest BCUT2D eigenvalue weighted by molar-refractivity contribution is -0.116. The summed E-state index contributed by atoms with van der Waals surface area (Å²) in [5.74, 6) is -0.496. The number of hydrogen-bond acceptors (Lipinski definition) is 6. The van der Waals surface area contributed by atoms with Crippen molar-refractivity contribution in [1.29, 1.82) is 5.26 Å². The minimum Gasteiger partial charge on any atom is -0.301 e. The van der Waals surface area contributed by atoms with Crippen molar-refractivity contribution in [2.24, 2.45) is 0 Å². The van der Waals surface area contributed by atoms with E-state index in [0.29, 0.717) is 10.7 Å². The molecule has 3 aromatic carbocycles. The first-order valence-corrected chi connectivity index (χ1v) is 11.9. The lowest BCUT2D eigenvalue weighted by atomic mass is 10.1. The zero-order valence-electron chi connectivity index (χ0n) is 17.0. The first-order chi connectivity index (χ1) is 15.4. The third kappa shape index (κ3) is 4.53. The summed E-state index contributed by atoms with van der Waals surface area (Å²) in [6.07, 6.45) is 0. The number of sulfonamides is 1. The minimum atomic E-state index is -3.86. The standard InChI is InChI=1S/C23H18N4O3S2/c1-27(32(29,30)20-10-6-16(13-24)7-11-20)14-22(28)26-23-25-21(15-31-23)19-9-8-17-4-2-3-5-18(17)12-19/h2-12,15H,14H2,1H3,(H,25,26,28). The minimum absolute atomic E-state index is 0.0136. The van der Waals surface area contributed by atoms with E-state index in [1.807, 2.05) is 53.9 Å². The third-order valence-corrected chi connectivity index (χ3v) is 7.43. The maximum Gasteiger partial charge on any atom is 0.243 e. The second-order valence-electron chi connectivity index (χ2n) is 7.05. The van der Waals surface area contributed by atoms with Crippen LogP contribution in [0.2, 0.25) is 0 Å². The van der Waals surface area contributed by atoms with Gasteiger partial charge < -0.3 is 5.32 Å². The summed E-state index contributed by atoms with van der Waals surface area (Å²) in [7, 11) is -2.53. The van der Waals surface area contributed by atoms with Crippen LogP contribution in [0, 0.1) is 11.3 Å². The van der Waals surface area contributed by atoms with Gasteiger partial charge in [0.25, 0.3) is 0 Å². The van der Waals surface area contributed by atoms with Crippen molar-refractivity contribution in [3.63, 3.8) is 0 Å². The fourth-order valence-electron chi connectivity index (χ4n) is 3.14. The number of benzene rings is 3. The van der Waals surface area contributed by atoms with Crippen LogP contribution in [0.25, 0.3) is 22.0 Å². The number of carbonyl (C=O) groups excluding carboxylic acids is 1. The van der Waals surface area contributed by atoms with Crippen LogP contribution in [0.15, 0.2) is 77.0 Å². The fourth-order valence-corrected chi connectivity index (χ4v) is 5.00. The van der Waals surface area contributed by atoms with E-state index in [1.54, 1.807) is 0 Å². The van der Waals surface area contributed by atoms with Gasteiger partial charge in [0.2, 0.25) is 15.9 Å². The molecule has 4 rings (SSSR count). The van der Waals surface area contributed by atoms with Crippen molar-refractivity contribution in [3.8, 4) is 17.3 Å². The van der Waals surface area contributed by atoms with Crippen LogP contribution in [0.3, 0.4) is 0 Å². The van der Waals surface area contributed by atoms with Crippen molar-refractivity contribution in [1.82, 2.24) is 9.29 Å².